The Kier molecular flexibility index (Phi) is 2.55. The molecular weight excluding hydrogens is 227 g/mol. The predicted octanol–water partition coefficient (Wildman–Crippen LogP) is 1.93. The van der Waals surface area contributed by atoms with Crippen molar-refractivity contribution in [2.45, 2.75) is 6.92 Å². The maximum atomic E-state index is 13.3. The van der Waals surface area contributed by atoms with Crippen LogP contribution in [0.2, 0.25) is 0 Å². The summed E-state index contributed by atoms with van der Waals surface area (Å²) in [7, 11) is 0. The molecule has 0 radical (unpaired) electrons. The number of aromatic hydroxyl groups is 1. The SMILES string of the molecule is Cc1c(F)ccc(O)c1-c1cc(C(=O)O)[nH]n1. The minimum absolute atomic E-state index is 0.122. The standard InChI is InChI=1S/C11H9FN2O3/c1-5-6(12)2-3-9(15)10(5)7-4-8(11(16)17)14-13-7/h2-4,15H,1H3,(H,13,14)(H,16,17). The first-order valence-electron chi connectivity index (χ1n) is 4.78. The third kappa shape index (κ3) is 1.84. The predicted molar refractivity (Wildman–Crippen MR) is 57.3 cm³/mol. The molecule has 0 spiro atoms. The number of phenols is 1. The molecule has 0 bridgehead atoms. The Balaban J connectivity index is 2.60. The number of benzene rings is 1. The lowest BCUT2D eigenvalue weighted by Gasteiger charge is -2.05. The van der Waals surface area contributed by atoms with Crippen molar-refractivity contribution in [2.24, 2.45) is 0 Å². The van der Waals surface area contributed by atoms with Gasteiger partial charge in [-0.1, -0.05) is 0 Å². The summed E-state index contributed by atoms with van der Waals surface area (Å²) in [6.07, 6.45) is 0. The number of aromatic nitrogens is 2. The molecule has 0 fully saturated rings. The third-order valence-corrected chi connectivity index (χ3v) is 2.44. The van der Waals surface area contributed by atoms with Gasteiger partial charge in [0.1, 0.15) is 17.3 Å². The van der Waals surface area contributed by atoms with Gasteiger partial charge in [0, 0.05) is 5.56 Å². The van der Waals surface area contributed by atoms with Gasteiger partial charge >= 0.3 is 5.97 Å². The van der Waals surface area contributed by atoms with Crippen molar-refractivity contribution >= 4 is 5.97 Å². The van der Waals surface area contributed by atoms with E-state index in [0.717, 1.165) is 6.07 Å². The van der Waals surface area contributed by atoms with E-state index in [-0.39, 0.29) is 28.3 Å². The number of hydrogen-bond donors (Lipinski definition) is 3. The topological polar surface area (TPSA) is 86.2 Å². The van der Waals surface area contributed by atoms with E-state index < -0.39 is 11.8 Å². The number of aromatic carboxylic acids is 1. The van der Waals surface area contributed by atoms with Crippen LogP contribution >= 0.6 is 0 Å². The van der Waals surface area contributed by atoms with Crippen molar-refractivity contribution in [3.63, 3.8) is 0 Å². The van der Waals surface area contributed by atoms with Gasteiger partial charge in [-0.3, -0.25) is 5.10 Å². The zero-order chi connectivity index (χ0) is 12.6. The number of halogens is 1. The highest BCUT2D eigenvalue weighted by atomic mass is 19.1. The normalized spacial score (nSPS) is 10.5. The highest BCUT2D eigenvalue weighted by molar-refractivity contribution is 5.87. The van der Waals surface area contributed by atoms with E-state index in [1.807, 2.05) is 0 Å². The van der Waals surface area contributed by atoms with Crippen molar-refractivity contribution in [3.8, 4) is 17.0 Å². The Morgan fingerprint density at radius 1 is 1.47 bits per heavy atom. The van der Waals surface area contributed by atoms with Gasteiger partial charge in [0.25, 0.3) is 0 Å². The fraction of sp³-hybridized carbons (Fsp3) is 0.0909. The molecule has 6 heteroatoms. The van der Waals surface area contributed by atoms with Gasteiger partial charge in [-0.2, -0.15) is 5.10 Å². The average molecular weight is 236 g/mol. The lowest BCUT2D eigenvalue weighted by atomic mass is 10.0. The molecule has 0 aliphatic carbocycles. The second-order valence-corrected chi connectivity index (χ2v) is 3.54. The molecule has 88 valence electrons. The Bertz CT molecular complexity index is 592. The molecule has 0 aliphatic rings. The average Bonchev–Trinajstić information content (AvgIpc) is 2.73. The summed E-state index contributed by atoms with van der Waals surface area (Å²) in [6.45, 7) is 1.49. The number of carboxylic acid groups (broad SMARTS) is 1. The number of hydrogen-bond acceptors (Lipinski definition) is 3. The minimum atomic E-state index is -1.17. The fourth-order valence-electron chi connectivity index (χ4n) is 1.55. The first-order chi connectivity index (χ1) is 8.00. The fourth-order valence-corrected chi connectivity index (χ4v) is 1.55. The number of nitrogens with one attached hydrogen (secondary N) is 1. The van der Waals surface area contributed by atoms with Crippen LogP contribution in [0.25, 0.3) is 11.3 Å². The summed E-state index contributed by atoms with van der Waals surface area (Å²) in [5, 5.41) is 24.4. The smallest absolute Gasteiger partial charge is 0.353 e. The van der Waals surface area contributed by atoms with Gasteiger partial charge in [-0.05, 0) is 30.7 Å². The van der Waals surface area contributed by atoms with Crippen molar-refractivity contribution < 1.29 is 19.4 Å². The highest BCUT2D eigenvalue weighted by Crippen LogP contribution is 2.32. The van der Waals surface area contributed by atoms with E-state index in [1.165, 1.54) is 19.1 Å². The molecule has 1 aromatic carbocycles. The molecule has 17 heavy (non-hydrogen) atoms. The zero-order valence-electron chi connectivity index (χ0n) is 8.86. The number of aromatic amines is 1. The minimum Gasteiger partial charge on any atom is -0.507 e. The summed E-state index contributed by atoms with van der Waals surface area (Å²) in [5.41, 5.74) is 0.474. The molecule has 1 aromatic heterocycles. The zero-order valence-corrected chi connectivity index (χ0v) is 8.86. The van der Waals surface area contributed by atoms with Crippen LogP contribution in [0.4, 0.5) is 4.39 Å². The first kappa shape index (κ1) is 11.1. The van der Waals surface area contributed by atoms with Gasteiger partial charge in [0.2, 0.25) is 0 Å². The largest absolute Gasteiger partial charge is 0.507 e. The second-order valence-electron chi connectivity index (χ2n) is 3.54. The van der Waals surface area contributed by atoms with Gasteiger partial charge in [0.15, 0.2) is 0 Å². The molecule has 0 saturated heterocycles. The van der Waals surface area contributed by atoms with Crippen molar-refractivity contribution in [3.05, 3.63) is 35.3 Å². The van der Waals surface area contributed by atoms with E-state index in [0.29, 0.717) is 0 Å². The van der Waals surface area contributed by atoms with E-state index in [4.69, 9.17) is 5.11 Å². The molecule has 2 rings (SSSR count). The molecule has 0 saturated carbocycles. The number of H-pyrrole nitrogens is 1. The van der Waals surface area contributed by atoms with Crippen LogP contribution in [-0.4, -0.2) is 26.4 Å². The highest BCUT2D eigenvalue weighted by Gasteiger charge is 2.16. The second kappa shape index (κ2) is 3.89. The van der Waals surface area contributed by atoms with Crippen LogP contribution in [0.15, 0.2) is 18.2 Å². The molecule has 5 nitrogen and oxygen atoms in total. The number of rotatable bonds is 2. The van der Waals surface area contributed by atoms with Gasteiger partial charge < -0.3 is 10.2 Å². The molecule has 0 unspecified atom stereocenters. The number of carboxylic acids is 1. The monoisotopic (exact) mass is 236 g/mol. The van der Waals surface area contributed by atoms with Gasteiger partial charge in [-0.25, -0.2) is 9.18 Å². The molecule has 0 amide bonds. The summed E-state index contributed by atoms with van der Waals surface area (Å²) in [4.78, 5) is 10.7. The molecular formula is C11H9FN2O3. The summed E-state index contributed by atoms with van der Waals surface area (Å²) in [5.74, 6) is -1.80. The van der Waals surface area contributed by atoms with Crippen molar-refractivity contribution in [1.29, 1.82) is 0 Å². The van der Waals surface area contributed by atoms with E-state index >= 15 is 0 Å². The van der Waals surface area contributed by atoms with Crippen LogP contribution in [0.1, 0.15) is 16.1 Å². The molecule has 3 N–H and O–H groups in total. The Hall–Kier alpha value is -2.37. The van der Waals surface area contributed by atoms with Crippen molar-refractivity contribution in [2.75, 3.05) is 0 Å². The summed E-state index contributed by atoms with van der Waals surface area (Å²) in [6, 6.07) is 3.58. The Morgan fingerprint density at radius 2 is 2.18 bits per heavy atom. The van der Waals surface area contributed by atoms with Gasteiger partial charge in [-0.15, -0.1) is 0 Å². The lowest BCUT2D eigenvalue weighted by molar-refractivity contribution is 0.0690. The van der Waals surface area contributed by atoms with Crippen LogP contribution in [0.5, 0.6) is 5.75 Å². The maximum absolute atomic E-state index is 13.3. The molecule has 2 aromatic rings. The van der Waals surface area contributed by atoms with E-state index in [9.17, 15) is 14.3 Å². The van der Waals surface area contributed by atoms with Crippen LogP contribution in [0.3, 0.4) is 0 Å². The Morgan fingerprint density at radius 3 is 2.76 bits per heavy atom. The molecule has 0 atom stereocenters. The quantitative estimate of drug-likeness (QED) is 0.743. The van der Waals surface area contributed by atoms with Gasteiger partial charge in [0.05, 0.1) is 5.69 Å². The van der Waals surface area contributed by atoms with E-state index in [1.54, 1.807) is 0 Å². The van der Waals surface area contributed by atoms with Crippen LogP contribution in [0, 0.1) is 12.7 Å². The first-order valence-corrected chi connectivity index (χ1v) is 4.78. The number of carbonyl (C=O) groups is 1. The third-order valence-electron chi connectivity index (χ3n) is 2.44. The Labute approximate surface area is 95.5 Å². The van der Waals surface area contributed by atoms with Crippen molar-refractivity contribution in [1.82, 2.24) is 10.2 Å². The lowest BCUT2D eigenvalue weighted by Crippen LogP contribution is -1.95. The number of phenolic OH excluding ortho intramolecular Hbond substituents is 1. The summed E-state index contributed by atoms with van der Waals surface area (Å²) >= 11 is 0. The maximum Gasteiger partial charge on any atom is 0.353 e. The number of nitrogens with zero attached hydrogens (tertiary/aromatic N) is 1. The van der Waals surface area contributed by atoms with Crippen LogP contribution < -0.4 is 0 Å². The molecule has 0 aliphatic heterocycles. The summed E-state index contributed by atoms with van der Waals surface area (Å²) < 4.78 is 13.3. The molecule has 1 heterocycles. The van der Waals surface area contributed by atoms with Crippen LogP contribution in [-0.2, 0) is 0 Å². The van der Waals surface area contributed by atoms with E-state index in [2.05, 4.69) is 10.2 Å².